The molecule has 7 nitrogen and oxygen atoms in total. The number of morpholine rings is 1. The molecule has 226 valence electrons. The highest BCUT2D eigenvalue weighted by Crippen LogP contribution is 2.47. The van der Waals surface area contributed by atoms with Crippen LogP contribution in [0.2, 0.25) is 0 Å². The van der Waals surface area contributed by atoms with E-state index in [1.807, 2.05) is 71.7 Å². The number of carbonyl (C=O) groups excluding carboxylic acids is 1. The monoisotopic (exact) mass is 623 g/mol. The van der Waals surface area contributed by atoms with Crippen LogP contribution in [0.15, 0.2) is 101 Å². The third kappa shape index (κ3) is 4.50. The molecule has 8 rings (SSSR count). The van der Waals surface area contributed by atoms with Crippen LogP contribution >= 0.6 is 11.8 Å². The summed E-state index contributed by atoms with van der Waals surface area (Å²) in [6, 6.07) is 24.9. The molecule has 4 aromatic carbocycles. The predicted molar refractivity (Wildman–Crippen MR) is 167 cm³/mol. The van der Waals surface area contributed by atoms with E-state index < -0.39 is 29.3 Å². The van der Waals surface area contributed by atoms with E-state index in [0.717, 1.165) is 32.9 Å². The molecule has 0 N–H and O–H groups in total. The molecule has 45 heavy (non-hydrogen) atoms. The molecule has 10 heteroatoms. The van der Waals surface area contributed by atoms with Crippen molar-refractivity contribution in [3.05, 3.63) is 141 Å². The lowest BCUT2D eigenvalue weighted by Crippen LogP contribution is -2.66. The SMILES string of the molecule is O=C1c2c(OCc3ccccc3)c(=O)ccn2N([C@@H]2c3ccc(F)c(F)c3CSc3c2ccc2ccccc32)[C@H]2COCCN12. The van der Waals surface area contributed by atoms with Crippen LogP contribution in [0.3, 0.4) is 0 Å². The van der Waals surface area contributed by atoms with E-state index in [0.29, 0.717) is 12.2 Å². The number of benzene rings is 4. The van der Waals surface area contributed by atoms with E-state index in [9.17, 15) is 14.0 Å². The highest BCUT2D eigenvalue weighted by molar-refractivity contribution is 7.98. The zero-order chi connectivity index (χ0) is 30.7. The van der Waals surface area contributed by atoms with Gasteiger partial charge in [0.1, 0.15) is 12.8 Å². The molecule has 4 heterocycles. The van der Waals surface area contributed by atoms with Gasteiger partial charge in [0.15, 0.2) is 23.1 Å². The van der Waals surface area contributed by atoms with Crippen LogP contribution in [0.1, 0.15) is 38.8 Å². The topological polar surface area (TPSA) is 64.0 Å². The van der Waals surface area contributed by atoms with Gasteiger partial charge in [-0.15, -0.1) is 11.8 Å². The van der Waals surface area contributed by atoms with Gasteiger partial charge in [0.2, 0.25) is 5.43 Å². The number of fused-ring (bicyclic) bond motifs is 6. The molecule has 0 spiro atoms. The minimum atomic E-state index is -0.916. The smallest absolute Gasteiger partial charge is 0.278 e. The van der Waals surface area contributed by atoms with Gasteiger partial charge in [-0.3, -0.25) is 19.3 Å². The fourth-order valence-electron chi connectivity index (χ4n) is 6.63. The Hall–Kier alpha value is -4.67. The van der Waals surface area contributed by atoms with Gasteiger partial charge in [-0.05, 0) is 33.5 Å². The second kappa shape index (κ2) is 11.0. The van der Waals surface area contributed by atoms with Gasteiger partial charge < -0.3 is 14.4 Å². The molecule has 0 unspecified atom stereocenters. The van der Waals surface area contributed by atoms with E-state index in [-0.39, 0.29) is 48.4 Å². The van der Waals surface area contributed by atoms with Crippen LogP contribution in [0, 0.1) is 11.6 Å². The zero-order valence-electron chi connectivity index (χ0n) is 24.0. The minimum absolute atomic E-state index is 0.0615. The summed E-state index contributed by atoms with van der Waals surface area (Å²) in [7, 11) is 0. The highest BCUT2D eigenvalue weighted by atomic mass is 32.2. The lowest BCUT2D eigenvalue weighted by atomic mass is 9.91. The minimum Gasteiger partial charge on any atom is -0.482 e. The van der Waals surface area contributed by atoms with Crippen molar-refractivity contribution < 1.29 is 23.0 Å². The molecule has 0 bridgehead atoms. The van der Waals surface area contributed by atoms with Crippen LogP contribution in [0.5, 0.6) is 5.75 Å². The highest BCUT2D eigenvalue weighted by Gasteiger charge is 2.46. The average molecular weight is 624 g/mol. The van der Waals surface area contributed by atoms with Crippen molar-refractivity contribution in [3.8, 4) is 5.75 Å². The number of pyridine rings is 1. The van der Waals surface area contributed by atoms with E-state index in [1.54, 1.807) is 21.8 Å². The Kier molecular flexibility index (Phi) is 6.84. The Morgan fingerprint density at radius 2 is 1.71 bits per heavy atom. The van der Waals surface area contributed by atoms with Crippen molar-refractivity contribution in [2.45, 2.75) is 29.5 Å². The van der Waals surface area contributed by atoms with Crippen LogP contribution in [-0.4, -0.2) is 41.4 Å². The van der Waals surface area contributed by atoms with Gasteiger partial charge in [0.05, 0.1) is 19.3 Å². The Morgan fingerprint density at radius 3 is 2.58 bits per heavy atom. The summed E-state index contributed by atoms with van der Waals surface area (Å²) >= 11 is 1.47. The number of aromatic nitrogens is 1. The lowest BCUT2D eigenvalue weighted by molar-refractivity contribution is -0.0199. The molecule has 0 saturated carbocycles. The molecule has 1 aromatic heterocycles. The molecular formula is C35H27F2N3O4S. The first kappa shape index (κ1) is 27.8. The van der Waals surface area contributed by atoms with Crippen LogP contribution < -0.4 is 15.2 Å². The first-order valence-electron chi connectivity index (χ1n) is 14.7. The van der Waals surface area contributed by atoms with Crippen molar-refractivity contribution in [2.75, 3.05) is 24.8 Å². The number of thioether (sulfide) groups is 1. The fourth-order valence-corrected chi connectivity index (χ4v) is 7.90. The second-order valence-electron chi connectivity index (χ2n) is 11.2. The van der Waals surface area contributed by atoms with Crippen molar-refractivity contribution >= 4 is 28.4 Å². The van der Waals surface area contributed by atoms with Gasteiger partial charge in [0, 0.05) is 35.0 Å². The van der Waals surface area contributed by atoms with Crippen molar-refractivity contribution in [3.63, 3.8) is 0 Å². The summed E-state index contributed by atoms with van der Waals surface area (Å²) in [6.45, 7) is 0.890. The molecule has 0 radical (unpaired) electrons. The maximum Gasteiger partial charge on any atom is 0.278 e. The van der Waals surface area contributed by atoms with Gasteiger partial charge >= 0.3 is 0 Å². The number of ether oxygens (including phenoxy) is 2. The number of halogens is 2. The van der Waals surface area contributed by atoms with Crippen LogP contribution in [0.25, 0.3) is 10.8 Å². The molecule has 2 atom stereocenters. The molecule has 5 aromatic rings. The van der Waals surface area contributed by atoms with Crippen molar-refractivity contribution in [1.82, 2.24) is 9.58 Å². The normalized spacial score (nSPS) is 18.9. The van der Waals surface area contributed by atoms with Gasteiger partial charge in [0.25, 0.3) is 5.91 Å². The Bertz CT molecular complexity index is 2040. The van der Waals surface area contributed by atoms with E-state index in [2.05, 4.69) is 0 Å². The Balaban J connectivity index is 1.38. The summed E-state index contributed by atoms with van der Waals surface area (Å²) in [4.78, 5) is 30.1. The summed E-state index contributed by atoms with van der Waals surface area (Å²) < 4.78 is 44.1. The molecule has 1 amide bonds. The third-order valence-electron chi connectivity index (χ3n) is 8.74. The maximum atomic E-state index is 15.6. The van der Waals surface area contributed by atoms with Crippen molar-refractivity contribution in [2.24, 2.45) is 0 Å². The molecule has 1 saturated heterocycles. The van der Waals surface area contributed by atoms with Crippen LogP contribution in [0.4, 0.5) is 8.78 Å². The van der Waals surface area contributed by atoms with Gasteiger partial charge in [-0.2, -0.15) is 0 Å². The molecule has 1 fully saturated rings. The van der Waals surface area contributed by atoms with Gasteiger partial charge in [-0.25, -0.2) is 8.78 Å². The first-order chi connectivity index (χ1) is 22.0. The van der Waals surface area contributed by atoms with Crippen molar-refractivity contribution in [1.29, 1.82) is 0 Å². The maximum absolute atomic E-state index is 15.6. The van der Waals surface area contributed by atoms with E-state index >= 15 is 4.39 Å². The number of rotatable bonds is 4. The zero-order valence-corrected chi connectivity index (χ0v) is 24.8. The van der Waals surface area contributed by atoms with Crippen LogP contribution in [-0.2, 0) is 17.1 Å². The number of amides is 1. The number of hydrogen-bond acceptors (Lipinski definition) is 6. The molecule has 3 aliphatic heterocycles. The van der Waals surface area contributed by atoms with Gasteiger partial charge in [-0.1, -0.05) is 72.8 Å². The number of nitrogens with zero attached hydrogens (tertiary/aromatic N) is 3. The summed E-state index contributed by atoms with van der Waals surface area (Å²) in [6.07, 6.45) is 0.964. The number of hydrogen-bond donors (Lipinski definition) is 0. The standard InChI is InChI=1S/C35H27F2N3O4S/c36-27-13-12-24-26(30(27)37)20-45-34-23-9-5-4-8-22(23)10-11-25(34)31(24)40-29-19-43-17-16-38(29)35(42)32-33(28(41)14-15-39(32)40)44-18-21-6-2-1-3-7-21/h1-15,29,31H,16-20H2/t29-,31+/m0/s1. The Morgan fingerprint density at radius 1 is 0.911 bits per heavy atom. The predicted octanol–water partition coefficient (Wildman–Crippen LogP) is 6.00. The van der Waals surface area contributed by atoms with E-state index in [1.165, 1.54) is 17.8 Å². The summed E-state index contributed by atoms with van der Waals surface area (Å²) in [5.74, 6) is -2.00. The first-order valence-corrected chi connectivity index (χ1v) is 15.7. The fraction of sp³-hybridized carbons (Fsp3) is 0.200. The number of carbonyl (C=O) groups is 1. The largest absolute Gasteiger partial charge is 0.482 e. The lowest BCUT2D eigenvalue weighted by Gasteiger charge is -2.51. The molecule has 0 aliphatic carbocycles. The quantitative estimate of drug-likeness (QED) is 0.245. The van der Waals surface area contributed by atoms with E-state index in [4.69, 9.17) is 9.47 Å². The Labute approximate surface area is 261 Å². The summed E-state index contributed by atoms with van der Waals surface area (Å²) in [5.41, 5.74) is 2.21. The molecular weight excluding hydrogens is 596 g/mol. The summed E-state index contributed by atoms with van der Waals surface area (Å²) in [5, 5.41) is 3.98. The molecule has 3 aliphatic rings. The third-order valence-corrected chi connectivity index (χ3v) is 9.92. The second-order valence-corrected chi connectivity index (χ2v) is 12.2. The average Bonchev–Trinajstić information content (AvgIpc) is 3.24.